The highest BCUT2D eigenvalue weighted by atomic mass is 16.2. The van der Waals surface area contributed by atoms with Crippen molar-refractivity contribution in [1.29, 1.82) is 0 Å². The molecule has 0 atom stereocenters. The van der Waals surface area contributed by atoms with E-state index in [0.717, 1.165) is 22.5 Å². The van der Waals surface area contributed by atoms with E-state index in [1.807, 2.05) is 66.4 Å². The highest BCUT2D eigenvalue weighted by Gasteiger charge is 2.26. The van der Waals surface area contributed by atoms with Gasteiger partial charge in [-0.25, -0.2) is 9.78 Å². The first kappa shape index (κ1) is 17.4. The van der Waals surface area contributed by atoms with Crippen LogP contribution < -0.4 is 5.69 Å². The molecular weight excluding hydrogens is 364 g/mol. The predicted molar refractivity (Wildman–Crippen MR) is 111 cm³/mol. The van der Waals surface area contributed by atoms with Gasteiger partial charge in [0.05, 0.1) is 12.2 Å². The number of H-pyrrole nitrogens is 1. The Morgan fingerprint density at radius 1 is 1.07 bits per heavy atom. The second-order valence-corrected chi connectivity index (χ2v) is 7.42. The predicted octanol–water partition coefficient (Wildman–Crippen LogP) is 3.20. The standard InChI is InChI=1S/C23H20N4O2/c1-15-7-9-16(10-8-15)20-14-27-21(24-20)18-13-26(12-11-19(18)25-23(27)29)22(28)17-5-3-2-4-6-17/h2-10,14H,11-13H2,1H3,(H,25,29). The zero-order valence-corrected chi connectivity index (χ0v) is 16.1. The van der Waals surface area contributed by atoms with E-state index in [1.165, 1.54) is 5.56 Å². The average molecular weight is 384 g/mol. The van der Waals surface area contributed by atoms with Gasteiger partial charge in [0.2, 0.25) is 0 Å². The second kappa shape index (κ2) is 6.74. The van der Waals surface area contributed by atoms with E-state index in [4.69, 9.17) is 4.98 Å². The van der Waals surface area contributed by atoms with Crippen molar-refractivity contribution in [2.75, 3.05) is 6.54 Å². The Balaban J connectivity index is 1.57. The van der Waals surface area contributed by atoms with Gasteiger partial charge in [0.15, 0.2) is 0 Å². The molecule has 1 amide bonds. The van der Waals surface area contributed by atoms with Crippen LogP contribution in [-0.4, -0.2) is 31.7 Å². The molecule has 0 bridgehead atoms. The number of carbonyl (C=O) groups is 1. The number of rotatable bonds is 2. The fraction of sp³-hybridized carbons (Fsp3) is 0.174. The lowest BCUT2D eigenvalue weighted by molar-refractivity contribution is 0.0734. The van der Waals surface area contributed by atoms with E-state index >= 15 is 0 Å². The van der Waals surface area contributed by atoms with E-state index in [9.17, 15) is 9.59 Å². The third-order valence-electron chi connectivity index (χ3n) is 5.45. The number of nitrogens with one attached hydrogen (secondary N) is 1. The molecule has 3 heterocycles. The first-order chi connectivity index (χ1) is 14.1. The van der Waals surface area contributed by atoms with Crippen molar-refractivity contribution < 1.29 is 4.79 Å². The van der Waals surface area contributed by atoms with Gasteiger partial charge in [-0.05, 0) is 19.1 Å². The Labute approximate surface area is 167 Å². The fourth-order valence-corrected chi connectivity index (χ4v) is 3.84. The van der Waals surface area contributed by atoms with Crippen LogP contribution in [0, 0.1) is 6.92 Å². The summed E-state index contributed by atoms with van der Waals surface area (Å²) in [6.07, 6.45) is 2.36. The molecule has 2 aromatic carbocycles. The van der Waals surface area contributed by atoms with E-state index < -0.39 is 0 Å². The molecule has 1 aliphatic heterocycles. The van der Waals surface area contributed by atoms with Crippen LogP contribution in [0.4, 0.5) is 0 Å². The maximum atomic E-state index is 12.9. The molecule has 1 aliphatic rings. The summed E-state index contributed by atoms with van der Waals surface area (Å²) < 4.78 is 1.55. The van der Waals surface area contributed by atoms with E-state index in [-0.39, 0.29) is 11.6 Å². The zero-order chi connectivity index (χ0) is 20.0. The topological polar surface area (TPSA) is 70.5 Å². The van der Waals surface area contributed by atoms with Crippen molar-refractivity contribution in [3.8, 4) is 11.3 Å². The summed E-state index contributed by atoms with van der Waals surface area (Å²) in [7, 11) is 0. The third kappa shape index (κ3) is 3.02. The summed E-state index contributed by atoms with van der Waals surface area (Å²) in [6, 6.07) is 17.3. The largest absolute Gasteiger partial charge is 0.334 e. The molecule has 6 heteroatoms. The normalized spacial score (nSPS) is 13.5. The van der Waals surface area contributed by atoms with Gasteiger partial charge in [0, 0.05) is 41.5 Å². The molecule has 0 fully saturated rings. The Bertz CT molecular complexity index is 1270. The van der Waals surface area contributed by atoms with Crippen molar-refractivity contribution >= 4 is 11.6 Å². The van der Waals surface area contributed by atoms with E-state index in [2.05, 4.69) is 4.98 Å². The summed E-state index contributed by atoms with van der Waals surface area (Å²) >= 11 is 0. The molecule has 0 aliphatic carbocycles. The highest BCUT2D eigenvalue weighted by Crippen LogP contribution is 2.25. The molecule has 0 unspecified atom stereocenters. The highest BCUT2D eigenvalue weighted by molar-refractivity contribution is 5.94. The second-order valence-electron chi connectivity index (χ2n) is 7.42. The molecule has 29 heavy (non-hydrogen) atoms. The van der Waals surface area contributed by atoms with Gasteiger partial charge in [0.25, 0.3) is 5.91 Å². The molecule has 0 spiro atoms. The lowest BCUT2D eigenvalue weighted by Crippen LogP contribution is -2.38. The Kier molecular flexibility index (Phi) is 4.05. The minimum Gasteiger partial charge on any atom is -0.334 e. The SMILES string of the molecule is Cc1ccc(-c2cn3c(=O)[nH]c4c(c3n2)CN(C(=O)c2ccccc2)CC4)cc1. The molecular formula is C23H20N4O2. The number of aromatic amines is 1. The van der Waals surface area contributed by atoms with Crippen molar-refractivity contribution in [2.24, 2.45) is 0 Å². The lowest BCUT2D eigenvalue weighted by Gasteiger charge is -2.28. The van der Waals surface area contributed by atoms with E-state index in [0.29, 0.717) is 30.7 Å². The number of nitrogens with zero attached hydrogens (tertiary/aromatic N) is 3. The summed E-state index contributed by atoms with van der Waals surface area (Å²) in [6.45, 7) is 3.03. The van der Waals surface area contributed by atoms with Gasteiger partial charge in [-0.2, -0.15) is 0 Å². The number of amides is 1. The summed E-state index contributed by atoms with van der Waals surface area (Å²) in [5, 5.41) is 0. The number of aryl methyl sites for hydroxylation is 1. The minimum atomic E-state index is -0.201. The summed E-state index contributed by atoms with van der Waals surface area (Å²) in [5.41, 5.74) is 5.72. The zero-order valence-electron chi connectivity index (χ0n) is 16.1. The van der Waals surface area contributed by atoms with Crippen LogP contribution >= 0.6 is 0 Å². The number of hydrogen-bond acceptors (Lipinski definition) is 3. The first-order valence-electron chi connectivity index (χ1n) is 9.64. The van der Waals surface area contributed by atoms with Gasteiger partial charge in [-0.15, -0.1) is 0 Å². The van der Waals surface area contributed by atoms with Crippen molar-refractivity contribution in [3.63, 3.8) is 0 Å². The maximum absolute atomic E-state index is 12.9. The van der Waals surface area contributed by atoms with Gasteiger partial charge in [0.1, 0.15) is 5.65 Å². The molecule has 2 aromatic heterocycles. The number of fused-ring (bicyclic) bond motifs is 3. The number of carbonyl (C=O) groups excluding carboxylic acids is 1. The van der Waals surface area contributed by atoms with Crippen LogP contribution in [0.2, 0.25) is 0 Å². The smallest absolute Gasteiger partial charge is 0.331 e. The number of aromatic nitrogens is 3. The van der Waals surface area contributed by atoms with Crippen LogP contribution in [0.15, 0.2) is 65.6 Å². The first-order valence-corrected chi connectivity index (χ1v) is 9.64. The maximum Gasteiger partial charge on any atom is 0.331 e. The van der Waals surface area contributed by atoms with Gasteiger partial charge in [-0.1, -0.05) is 48.0 Å². The summed E-state index contributed by atoms with van der Waals surface area (Å²) in [5.74, 6) is -0.00841. The third-order valence-corrected chi connectivity index (χ3v) is 5.45. The van der Waals surface area contributed by atoms with Crippen LogP contribution in [0.3, 0.4) is 0 Å². The number of benzene rings is 2. The van der Waals surface area contributed by atoms with E-state index in [1.54, 1.807) is 10.6 Å². The fourth-order valence-electron chi connectivity index (χ4n) is 3.84. The minimum absolute atomic E-state index is 0.00841. The molecule has 0 saturated carbocycles. The van der Waals surface area contributed by atoms with Crippen LogP contribution in [0.1, 0.15) is 27.2 Å². The molecule has 5 rings (SSSR count). The molecule has 0 radical (unpaired) electrons. The lowest BCUT2D eigenvalue weighted by atomic mass is 10.1. The van der Waals surface area contributed by atoms with Crippen molar-refractivity contribution in [3.05, 3.63) is 93.7 Å². The molecule has 0 saturated heterocycles. The average Bonchev–Trinajstić information content (AvgIpc) is 3.21. The summed E-state index contributed by atoms with van der Waals surface area (Å²) in [4.78, 5) is 35.0. The monoisotopic (exact) mass is 384 g/mol. The van der Waals surface area contributed by atoms with Gasteiger partial charge >= 0.3 is 5.69 Å². The Morgan fingerprint density at radius 3 is 2.59 bits per heavy atom. The van der Waals surface area contributed by atoms with Crippen LogP contribution in [-0.2, 0) is 13.0 Å². The van der Waals surface area contributed by atoms with Gasteiger partial charge in [-0.3, -0.25) is 9.20 Å². The van der Waals surface area contributed by atoms with Crippen molar-refractivity contribution in [1.82, 2.24) is 19.3 Å². The number of hydrogen-bond donors (Lipinski definition) is 1. The Morgan fingerprint density at radius 2 is 1.83 bits per heavy atom. The Hall–Kier alpha value is -3.67. The number of imidazole rings is 1. The molecule has 1 N–H and O–H groups in total. The molecule has 144 valence electrons. The van der Waals surface area contributed by atoms with Crippen molar-refractivity contribution in [2.45, 2.75) is 19.9 Å². The van der Waals surface area contributed by atoms with Gasteiger partial charge < -0.3 is 9.88 Å². The molecule has 6 nitrogen and oxygen atoms in total. The van der Waals surface area contributed by atoms with Crippen LogP contribution in [0.25, 0.3) is 16.9 Å². The quantitative estimate of drug-likeness (QED) is 0.577. The molecule has 4 aromatic rings. The van der Waals surface area contributed by atoms with Crippen LogP contribution in [0.5, 0.6) is 0 Å².